The third kappa shape index (κ3) is 5.49. The average molecular weight is 412 g/mol. The Bertz CT molecular complexity index is 772. The van der Waals surface area contributed by atoms with E-state index in [0.717, 1.165) is 48.6 Å². The van der Waals surface area contributed by atoms with Gasteiger partial charge in [0.25, 0.3) is 0 Å². The topological polar surface area (TPSA) is 9.23 Å². The number of ether oxygens (including phenoxy) is 1. The highest BCUT2D eigenvalue weighted by Crippen LogP contribution is 2.39. The van der Waals surface area contributed by atoms with Crippen LogP contribution in [0.3, 0.4) is 0 Å². The van der Waals surface area contributed by atoms with Crippen LogP contribution in [0, 0.1) is 5.92 Å². The van der Waals surface area contributed by atoms with Crippen molar-refractivity contribution in [1.82, 2.24) is 0 Å². The molecule has 0 aliphatic heterocycles. The highest BCUT2D eigenvalue weighted by Gasteiger charge is 2.35. The number of benzene rings is 2. The van der Waals surface area contributed by atoms with Crippen LogP contribution in [-0.2, 0) is 12.3 Å². The van der Waals surface area contributed by atoms with Crippen molar-refractivity contribution < 1.29 is 26.7 Å². The van der Waals surface area contributed by atoms with Crippen molar-refractivity contribution in [3.05, 3.63) is 65.2 Å². The van der Waals surface area contributed by atoms with Gasteiger partial charge in [-0.15, -0.1) is 0 Å². The minimum Gasteiger partial charge on any atom is -0.429 e. The molecule has 0 atom stereocenters. The molecule has 3 rings (SSSR count). The number of hydrogen-bond acceptors (Lipinski definition) is 1. The first-order chi connectivity index (χ1) is 13.7. The van der Waals surface area contributed by atoms with Gasteiger partial charge in [0.1, 0.15) is 5.75 Å². The van der Waals surface area contributed by atoms with Crippen LogP contribution in [-0.4, -0.2) is 0 Å². The van der Waals surface area contributed by atoms with Gasteiger partial charge in [0, 0.05) is 0 Å². The third-order valence-electron chi connectivity index (χ3n) is 5.69. The van der Waals surface area contributed by atoms with Gasteiger partial charge in [-0.25, -0.2) is 0 Å². The van der Waals surface area contributed by atoms with Crippen LogP contribution in [0.2, 0.25) is 0 Å². The lowest BCUT2D eigenvalue weighted by Crippen LogP contribution is -2.22. The molecule has 1 saturated carbocycles. The predicted molar refractivity (Wildman–Crippen MR) is 102 cm³/mol. The quantitative estimate of drug-likeness (QED) is 0.438. The SMILES string of the molecule is CCCC1CCC(c2ccc(C(F)(F)Oc3ccc(C(F)(F)F)cc3)cc2)CC1. The summed E-state index contributed by atoms with van der Waals surface area (Å²) in [5, 5.41) is 0. The van der Waals surface area contributed by atoms with E-state index in [1.807, 2.05) is 0 Å². The third-order valence-corrected chi connectivity index (χ3v) is 5.69. The standard InChI is InChI=1S/C23H25F5O/c1-2-3-16-4-6-17(7-5-16)18-8-10-20(11-9-18)23(27,28)29-21-14-12-19(13-15-21)22(24,25)26/h8-17H,2-7H2,1H3. The number of rotatable bonds is 6. The molecule has 0 radical (unpaired) electrons. The zero-order valence-electron chi connectivity index (χ0n) is 16.3. The molecule has 1 fully saturated rings. The first-order valence-electron chi connectivity index (χ1n) is 10.0. The molecule has 158 valence electrons. The van der Waals surface area contributed by atoms with Crippen LogP contribution in [0.25, 0.3) is 0 Å². The Balaban J connectivity index is 1.64. The summed E-state index contributed by atoms with van der Waals surface area (Å²) in [6.07, 6.45) is -1.22. The Morgan fingerprint density at radius 2 is 1.34 bits per heavy atom. The van der Waals surface area contributed by atoms with Crippen LogP contribution in [0.1, 0.15) is 68.1 Å². The molecule has 2 aromatic rings. The molecule has 0 heterocycles. The Hall–Kier alpha value is -2.11. The van der Waals surface area contributed by atoms with E-state index in [9.17, 15) is 22.0 Å². The van der Waals surface area contributed by atoms with E-state index in [0.29, 0.717) is 5.92 Å². The highest BCUT2D eigenvalue weighted by atomic mass is 19.4. The number of hydrogen-bond donors (Lipinski definition) is 0. The van der Waals surface area contributed by atoms with Gasteiger partial charge in [0.05, 0.1) is 11.1 Å². The lowest BCUT2D eigenvalue weighted by Gasteiger charge is -2.29. The van der Waals surface area contributed by atoms with E-state index in [-0.39, 0.29) is 11.3 Å². The molecule has 6 heteroatoms. The molecule has 2 aromatic carbocycles. The normalized spacial score (nSPS) is 20.5. The Morgan fingerprint density at radius 1 is 0.793 bits per heavy atom. The molecule has 0 bridgehead atoms. The van der Waals surface area contributed by atoms with Crippen LogP contribution < -0.4 is 4.74 Å². The van der Waals surface area contributed by atoms with E-state index in [1.54, 1.807) is 12.1 Å². The zero-order valence-corrected chi connectivity index (χ0v) is 16.3. The molecule has 0 saturated heterocycles. The van der Waals surface area contributed by atoms with Crippen molar-refractivity contribution in [2.45, 2.75) is 63.7 Å². The fourth-order valence-corrected chi connectivity index (χ4v) is 4.06. The fourth-order valence-electron chi connectivity index (χ4n) is 4.06. The summed E-state index contributed by atoms with van der Waals surface area (Å²) in [6, 6.07) is 9.37. The van der Waals surface area contributed by atoms with Crippen LogP contribution in [0.5, 0.6) is 5.75 Å². The Kier molecular flexibility index (Phi) is 6.49. The lowest BCUT2D eigenvalue weighted by molar-refractivity contribution is -0.185. The monoisotopic (exact) mass is 412 g/mol. The van der Waals surface area contributed by atoms with Crippen molar-refractivity contribution in [3.8, 4) is 5.75 Å². The Morgan fingerprint density at radius 3 is 1.86 bits per heavy atom. The summed E-state index contributed by atoms with van der Waals surface area (Å²) in [7, 11) is 0. The van der Waals surface area contributed by atoms with Crippen molar-refractivity contribution in [2.75, 3.05) is 0 Å². The first kappa shape index (κ1) is 21.6. The van der Waals surface area contributed by atoms with E-state index in [2.05, 4.69) is 11.7 Å². The maximum atomic E-state index is 14.4. The highest BCUT2D eigenvalue weighted by molar-refractivity contribution is 5.31. The summed E-state index contributed by atoms with van der Waals surface area (Å²) in [4.78, 5) is 0. The molecule has 29 heavy (non-hydrogen) atoms. The van der Waals surface area contributed by atoms with Gasteiger partial charge < -0.3 is 4.74 Å². The van der Waals surface area contributed by atoms with E-state index in [4.69, 9.17) is 0 Å². The summed E-state index contributed by atoms with van der Waals surface area (Å²) in [6.45, 7) is 2.19. The molecular weight excluding hydrogens is 387 g/mol. The molecule has 1 aliphatic rings. The van der Waals surface area contributed by atoms with Crippen molar-refractivity contribution in [3.63, 3.8) is 0 Å². The first-order valence-corrected chi connectivity index (χ1v) is 10.0. The molecule has 0 amide bonds. The van der Waals surface area contributed by atoms with Crippen molar-refractivity contribution in [1.29, 1.82) is 0 Å². The molecule has 1 nitrogen and oxygen atoms in total. The maximum absolute atomic E-state index is 14.4. The van der Waals surface area contributed by atoms with E-state index < -0.39 is 17.8 Å². The van der Waals surface area contributed by atoms with Gasteiger partial charge >= 0.3 is 12.3 Å². The summed E-state index contributed by atoms with van der Waals surface area (Å²) in [5.41, 5.74) is -0.180. The largest absolute Gasteiger partial charge is 0.429 e. The Labute approximate surface area is 167 Å². The van der Waals surface area contributed by atoms with Gasteiger partial charge in [-0.1, -0.05) is 31.9 Å². The average Bonchev–Trinajstić information content (AvgIpc) is 2.68. The van der Waals surface area contributed by atoms with E-state index >= 15 is 0 Å². The van der Waals surface area contributed by atoms with Gasteiger partial charge in [-0.3, -0.25) is 0 Å². The second kappa shape index (κ2) is 8.72. The second-order valence-electron chi connectivity index (χ2n) is 7.77. The van der Waals surface area contributed by atoms with Gasteiger partial charge in [0.2, 0.25) is 0 Å². The summed E-state index contributed by atoms with van der Waals surface area (Å²) < 4.78 is 71.3. The van der Waals surface area contributed by atoms with Gasteiger partial charge in [-0.2, -0.15) is 22.0 Å². The van der Waals surface area contributed by atoms with Crippen LogP contribution in [0.15, 0.2) is 48.5 Å². The molecule has 1 aliphatic carbocycles. The van der Waals surface area contributed by atoms with Crippen molar-refractivity contribution in [2.24, 2.45) is 5.92 Å². The minimum absolute atomic E-state index is 0.318. The molecule has 0 unspecified atom stereocenters. The smallest absolute Gasteiger partial charge is 0.426 e. The number of halogens is 5. The van der Waals surface area contributed by atoms with Crippen LogP contribution in [0.4, 0.5) is 22.0 Å². The predicted octanol–water partition coefficient (Wildman–Crippen LogP) is 7.91. The van der Waals surface area contributed by atoms with Gasteiger partial charge in [-0.05, 0) is 79.5 Å². The molecule has 0 spiro atoms. The molecule has 0 aromatic heterocycles. The second-order valence-corrected chi connectivity index (χ2v) is 7.77. The van der Waals surface area contributed by atoms with Gasteiger partial charge in [0.15, 0.2) is 0 Å². The maximum Gasteiger partial charge on any atom is 0.426 e. The molecular formula is C23H25F5O. The zero-order chi connectivity index (χ0) is 21.1. The van der Waals surface area contributed by atoms with E-state index in [1.165, 1.54) is 37.8 Å². The fraction of sp³-hybridized carbons (Fsp3) is 0.478. The van der Waals surface area contributed by atoms with Crippen molar-refractivity contribution >= 4 is 0 Å². The minimum atomic E-state index is -4.52. The lowest BCUT2D eigenvalue weighted by atomic mass is 9.77. The number of alkyl halides is 5. The molecule has 0 N–H and O–H groups in total. The van der Waals surface area contributed by atoms with Crippen LogP contribution >= 0.6 is 0 Å². The summed E-state index contributed by atoms with van der Waals surface area (Å²) in [5.74, 6) is 0.847. The summed E-state index contributed by atoms with van der Waals surface area (Å²) >= 11 is 0.